The molecule has 10 heteroatoms. The Balaban J connectivity index is 2.11. The van der Waals surface area contributed by atoms with E-state index in [1.807, 2.05) is 0 Å². The van der Waals surface area contributed by atoms with Gasteiger partial charge >= 0.3 is 18.0 Å². The molecule has 0 saturated carbocycles. The van der Waals surface area contributed by atoms with Gasteiger partial charge in [-0.3, -0.25) is 10.1 Å². The Bertz CT molecular complexity index is 716. The number of hydrogen-bond acceptors (Lipinski definition) is 5. The second kappa shape index (κ2) is 7.61. The second-order valence-corrected chi connectivity index (χ2v) is 7.22. The molecule has 0 N–H and O–H groups in total. The molecule has 2 rings (SSSR count). The topological polar surface area (TPSA) is 81.9 Å². The third-order valence-electron chi connectivity index (χ3n) is 3.92. The van der Waals surface area contributed by atoms with Crippen LogP contribution in [-0.4, -0.2) is 40.7 Å². The van der Waals surface area contributed by atoms with Crippen molar-refractivity contribution in [2.75, 3.05) is 13.2 Å². The van der Waals surface area contributed by atoms with Crippen molar-refractivity contribution in [2.24, 2.45) is 0 Å². The van der Waals surface area contributed by atoms with Crippen LogP contribution in [0.5, 0.6) is 5.75 Å². The molecule has 150 valence electrons. The third kappa shape index (κ3) is 5.48. The first-order valence-electron chi connectivity index (χ1n) is 8.36. The summed E-state index contributed by atoms with van der Waals surface area (Å²) in [5.74, 6) is -0.274. The molecule has 0 aromatic heterocycles. The summed E-state index contributed by atoms with van der Waals surface area (Å²) in [6.07, 6.45) is -3.89. The van der Waals surface area contributed by atoms with Crippen LogP contribution >= 0.6 is 0 Å². The highest BCUT2D eigenvalue weighted by Gasteiger charge is 2.35. The standard InChI is InChI=1S/C17H21F3N2O5/c1-16(2,3)27-15(23)21-8-4-5-12(21)10-26-14-7-6-11(17(18,19)20)9-13(14)22(24)25/h6-7,9,12H,4-5,8,10H2,1-3H3. The monoisotopic (exact) mass is 390 g/mol. The number of halogens is 3. The number of carbonyl (C=O) groups is 1. The van der Waals surface area contributed by atoms with Gasteiger partial charge in [0.1, 0.15) is 12.2 Å². The Hall–Kier alpha value is -2.52. The molecule has 1 heterocycles. The molecule has 1 aliphatic heterocycles. The van der Waals surface area contributed by atoms with E-state index in [9.17, 15) is 28.1 Å². The molecular weight excluding hydrogens is 369 g/mol. The molecule has 1 amide bonds. The molecule has 1 aromatic carbocycles. The van der Waals surface area contributed by atoms with Crippen LogP contribution in [0.3, 0.4) is 0 Å². The molecule has 1 unspecified atom stereocenters. The molecular formula is C17H21F3N2O5. The highest BCUT2D eigenvalue weighted by Crippen LogP contribution is 2.36. The molecule has 1 aliphatic rings. The van der Waals surface area contributed by atoms with Crippen LogP contribution in [0.2, 0.25) is 0 Å². The molecule has 1 aromatic rings. The van der Waals surface area contributed by atoms with Crippen molar-refractivity contribution in [3.63, 3.8) is 0 Å². The summed E-state index contributed by atoms with van der Waals surface area (Å²) in [5.41, 5.74) is -2.57. The van der Waals surface area contributed by atoms with E-state index in [1.165, 1.54) is 4.90 Å². The van der Waals surface area contributed by atoms with Gasteiger partial charge in [0.25, 0.3) is 0 Å². The smallest absolute Gasteiger partial charge is 0.416 e. The van der Waals surface area contributed by atoms with Crippen LogP contribution < -0.4 is 4.74 Å². The van der Waals surface area contributed by atoms with Gasteiger partial charge in [-0.25, -0.2) is 4.79 Å². The number of benzene rings is 1. The van der Waals surface area contributed by atoms with Crippen LogP contribution in [0.1, 0.15) is 39.2 Å². The third-order valence-corrected chi connectivity index (χ3v) is 3.92. The van der Waals surface area contributed by atoms with Crippen LogP contribution in [-0.2, 0) is 10.9 Å². The predicted molar refractivity (Wildman–Crippen MR) is 89.6 cm³/mol. The lowest BCUT2D eigenvalue weighted by atomic mass is 10.2. The lowest BCUT2D eigenvalue weighted by Crippen LogP contribution is -2.42. The maximum absolute atomic E-state index is 12.7. The summed E-state index contributed by atoms with van der Waals surface area (Å²) in [5, 5.41) is 11.1. The number of alkyl halides is 3. The number of rotatable bonds is 4. The van der Waals surface area contributed by atoms with Crippen LogP contribution in [0.25, 0.3) is 0 Å². The van der Waals surface area contributed by atoms with Gasteiger partial charge < -0.3 is 14.4 Å². The van der Waals surface area contributed by atoms with Crippen molar-refractivity contribution in [2.45, 2.75) is 51.4 Å². The van der Waals surface area contributed by atoms with Crippen LogP contribution in [0.15, 0.2) is 18.2 Å². The number of ether oxygens (including phenoxy) is 2. The molecule has 27 heavy (non-hydrogen) atoms. The van der Waals surface area contributed by atoms with Gasteiger partial charge in [-0.15, -0.1) is 0 Å². The average molecular weight is 390 g/mol. The van der Waals surface area contributed by atoms with Gasteiger partial charge in [-0.05, 0) is 45.7 Å². The Kier molecular flexibility index (Phi) is 5.86. The molecule has 7 nitrogen and oxygen atoms in total. The Morgan fingerprint density at radius 3 is 2.56 bits per heavy atom. The van der Waals surface area contributed by atoms with E-state index < -0.39 is 34.0 Å². The van der Waals surface area contributed by atoms with E-state index in [4.69, 9.17) is 9.47 Å². The van der Waals surface area contributed by atoms with E-state index in [2.05, 4.69) is 0 Å². The number of nitro benzene ring substituents is 1. The van der Waals surface area contributed by atoms with Crippen molar-refractivity contribution in [3.8, 4) is 5.75 Å². The Labute approximate surface area is 154 Å². The van der Waals surface area contributed by atoms with Gasteiger partial charge in [0.2, 0.25) is 0 Å². The van der Waals surface area contributed by atoms with Crippen molar-refractivity contribution < 1.29 is 32.4 Å². The van der Waals surface area contributed by atoms with E-state index in [0.717, 1.165) is 12.1 Å². The zero-order valence-electron chi connectivity index (χ0n) is 15.2. The largest absolute Gasteiger partial charge is 0.485 e. The highest BCUT2D eigenvalue weighted by molar-refractivity contribution is 5.69. The number of hydrogen-bond donors (Lipinski definition) is 0. The number of likely N-dealkylation sites (tertiary alicyclic amines) is 1. The summed E-state index contributed by atoms with van der Waals surface area (Å²) in [6, 6.07) is 1.72. The number of nitrogens with zero attached hydrogens (tertiary/aromatic N) is 2. The first-order valence-corrected chi connectivity index (χ1v) is 8.36. The first kappa shape index (κ1) is 20.8. The second-order valence-electron chi connectivity index (χ2n) is 7.22. The van der Waals surface area contributed by atoms with Gasteiger partial charge in [-0.1, -0.05) is 0 Å². The molecule has 1 atom stereocenters. The van der Waals surface area contributed by atoms with E-state index >= 15 is 0 Å². The lowest BCUT2D eigenvalue weighted by molar-refractivity contribution is -0.386. The zero-order valence-corrected chi connectivity index (χ0v) is 15.2. The molecule has 0 spiro atoms. The minimum Gasteiger partial charge on any atom is -0.485 e. The van der Waals surface area contributed by atoms with Gasteiger partial charge in [0.15, 0.2) is 5.75 Å². The number of amides is 1. The highest BCUT2D eigenvalue weighted by atomic mass is 19.4. The minimum absolute atomic E-state index is 0.0779. The van der Waals surface area contributed by atoms with Gasteiger partial charge in [-0.2, -0.15) is 13.2 Å². The summed E-state index contributed by atoms with van der Waals surface area (Å²) < 4.78 is 49.0. The van der Waals surface area contributed by atoms with E-state index in [0.29, 0.717) is 25.5 Å². The molecule has 1 fully saturated rings. The van der Waals surface area contributed by atoms with Crippen molar-refractivity contribution in [1.29, 1.82) is 0 Å². The molecule has 0 aliphatic carbocycles. The first-order chi connectivity index (χ1) is 12.4. The molecule has 0 bridgehead atoms. The predicted octanol–water partition coefficient (Wildman–Crippen LogP) is 4.39. The molecule has 0 radical (unpaired) electrons. The number of nitro groups is 1. The fourth-order valence-electron chi connectivity index (χ4n) is 2.71. The van der Waals surface area contributed by atoms with Crippen LogP contribution in [0.4, 0.5) is 23.7 Å². The number of carbonyl (C=O) groups excluding carboxylic acids is 1. The van der Waals surface area contributed by atoms with Crippen molar-refractivity contribution in [1.82, 2.24) is 4.90 Å². The fourth-order valence-corrected chi connectivity index (χ4v) is 2.71. The lowest BCUT2D eigenvalue weighted by Gasteiger charge is -2.28. The van der Waals surface area contributed by atoms with Gasteiger partial charge in [0.05, 0.1) is 16.5 Å². The summed E-state index contributed by atoms with van der Waals surface area (Å²) >= 11 is 0. The average Bonchev–Trinajstić information content (AvgIpc) is 2.98. The summed E-state index contributed by atoms with van der Waals surface area (Å²) in [6.45, 7) is 5.58. The SMILES string of the molecule is CC(C)(C)OC(=O)N1CCCC1COc1ccc(C(F)(F)F)cc1[N+](=O)[O-]. The minimum atomic E-state index is -4.69. The summed E-state index contributed by atoms with van der Waals surface area (Å²) in [4.78, 5) is 23.9. The van der Waals surface area contributed by atoms with Crippen molar-refractivity contribution >= 4 is 11.8 Å². The van der Waals surface area contributed by atoms with Gasteiger partial charge in [0, 0.05) is 12.6 Å². The maximum Gasteiger partial charge on any atom is 0.416 e. The maximum atomic E-state index is 12.7. The normalized spacial score (nSPS) is 17.7. The van der Waals surface area contributed by atoms with Crippen molar-refractivity contribution in [3.05, 3.63) is 33.9 Å². The fraction of sp³-hybridized carbons (Fsp3) is 0.588. The quantitative estimate of drug-likeness (QED) is 0.562. The summed E-state index contributed by atoms with van der Waals surface area (Å²) in [7, 11) is 0. The van der Waals surface area contributed by atoms with E-state index in [1.54, 1.807) is 20.8 Å². The Morgan fingerprint density at radius 2 is 2.00 bits per heavy atom. The molecule has 1 saturated heterocycles. The zero-order chi connectivity index (χ0) is 20.4. The van der Waals surface area contributed by atoms with Crippen LogP contribution in [0, 0.1) is 10.1 Å². The van der Waals surface area contributed by atoms with E-state index in [-0.39, 0.29) is 18.4 Å². The Morgan fingerprint density at radius 1 is 1.33 bits per heavy atom.